The lowest BCUT2D eigenvalue weighted by atomic mass is 10.1. The zero-order valence-electron chi connectivity index (χ0n) is 15.2. The van der Waals surface area contributed by atoms with Crippen LogP contribution < -0.4 is 4.90 Å². The Bertz CT molecular complexity index is 890. The molecular formula is C20H24N4O2. The molecule has 0 spiro atoms. The topological polar surface area (TPSA) is 63.4 Å². The lowest BCUT2D eigenvalue weighted by molar-refractivity contribution is 0.0626. The van der Waals surface area contributed by atoms with Gasteiger partial charge in [-0.25, -0.2) is 9.97 Å². The predicted octanol–water partition coefficient (Wildman–Crippen LogP) is 2.71. The average Bonchev–Trinajstić information content (AvgIpc) is 3.03. The maximum Gasteiger partial charge on any atom is 0.128 e. The van der Waals surface area contributed by atoms with Crippen molar-refractivity contribution < 1.29 is 9.84 Å². The van der Waals surface area contributed by atoms with Crippen LogP contribution in [-0.4, -0.2) is 51.5 Å². The van der Waals surface area contributed by atoms with Crippen molar-refractivity contribution in [3.8, 4) is 11.1 Å². The van der Waals surface area contributed by atoms with E-state index in [1.165, 1.54) is 0 Å². The molecule has 2 aromatic heterocycles. The number of fused-ring (bicyclic) bond motifs is 1. The van der Waals surface area contributed by atoms with Gasteiger partial charge in [0.1, 0.15) is 5.82 Å². The molecule has 1 N–H and O–H groups in total. The minimum absolute atomic E-state index is 0.501. The minimum atomic E-state index is -0.787. The Kier molecular flexibility index (Phi) is 4.38. The van der Waals surface area contributed by atoms with E-state index >= 15 is 0 Å². The Morgan fingerprint density at radius 3 is 2.54 bits per heavy atom. The highest BCUT2D eigenvalue weighted by molar-refractivity contribution is 5.82. The van der Waals surface area contributed by atoms with Crippen molar-refractivity contribution in [2.24, 2.45) is 0 Å². The van der Waals surface area contributed by atoms with Crippen molar-refractivity contribution in [2.45, 2.75) is 26.0 Å². The van der Waals surface area contributed by atoms with Crippen molar-refractivity contribution in [3.63, 3.8) is 0 Å². The number of nitrogens with zero attached hydrogens (tertiary/aromatic N) is 4. The van der Waals surface area contributed by atoms with E-state index in [9.17, 15) is 5.11 Å². The fourth-order valence-corrected chi connectivity index (χ4v) is 3.32. The molecule has 1 fully saturated rings. The maximum absolute atomic E-state index is 10.1. The molecule has 0 unspecified atom stereocenters. The van der Waals surface area contributed by atoms with Gasteiger partial charge >= 0.3 is 0 Å². The van der Waals surface area contributed by atoms with E-state index in [4.69, 9.17) is 4.74 Å². The summed E-state index contributed by atoms with van der Waals surface area (Å²) in [6.07, 6.45) is 3.70. The average molecular weight is 352 g/mol. The smallest absolute Gasteiger partial charge is 0.128 e. The van der Waals surface area contributed by atoms with Crippen LogP contribution in [-0.2, 0) is 11.3 Å². The summed E-state index contributed by atoms with van der Waals surface area (Å²) in [6.45, 7) is 7.38. The van der Waals surface area contributed by atoms with Gasteiger partial charge in [0.05, 0.1) is 42.7 Å². The normalized spacial score (nSPS) is 15.6. The first-order chi connectivity index (χ1) is 12.5. The molecule has 0 aliphatic carbocycles. The van der Waals surface area contributed by atoms with Crippen LogP contribution in [0.15, 0.2) is 42.9 Å². The van der Waals surface area contributed by atoms with Gasteiger partial charge in [-0.1, -0.05) is 6.07 Å². The van der Waals surface area contributed by atoms with Crippen molar-refractivity contribution in [1.29, 1.82) is 0 Å². The fraction of sp³-hybridized carbons (Fsp3) is 0.400. The van der Waals surface area contributed by atoms with E-state index in [0.29, 0.717) is 6.54 Å². The summed E-state index contributed by atoms with van der Waals surface area (Å²) in [7, 11) is 0. The number of rotatable bonds is 4. The molecule has 6 heteroatoms. The van der Waals surface area contributed by atoms with Crippen LogP contribution in [0.25, 0.3) is 22.2 Å². The van der Waals surface area contributed by atoms with Crippen molar-refractivity contribution >= 4 is 16.9 Å². The number of aromatic nitrogens is 3. The van der Waals surface area contributed by atoms with Gasteiger partial charge in [-0.3, -0.25) is 0 Å². The van der Waals surface area contributed by atoms with Gasteiger partial charge < -0.3 is 19.3 Å². The number of anilines is 1. The van der Waals surface area contributed by atoms with Crippen LogP contribution in [0.3, 0.4) is 0 Å². The number of aliphatic hydroxyl groups is 1. The lowest BCUT2D eigenvalue weighted by Gasteiger charge is -2.27. The lowest BCUT2D eigenvalue weighted by Crippen LogP contribution is -2.36. The van der Waals surface area contributed by atoms with Gasteiger partial charge in [0.25, 0.3) is 0 Å². The number of imidazole rings is 1. The molecule has 0 amide bonds. The molecule has 3 heterocycles. The van der Waals surface area contributed by atoms with Gasteiger partial charge in [0.15, 0.2) is 0 Å². The molecule has 6 nitrogen and oxygen atoms in total. The zero-order valence-corrected chi connectivity index (χ0v) is 15.2. The predicted molar refractivity (Wildman–Crippen MR) is 102 cm³/mol. The van der Waals surface area contributed by atoms with Gasteiger partial charge in [-0.15, -0.1) is 0 Å². The third kappa shape index (κ3) is 3.57. The first kappa shape index (κ1) is 17.0. The zero-order chi connectivity index (χ0) is 18.1. The van der Waals surface area contributed by atoms with Gasteiger partial charge in [0, 0.05) is 24.8 Å². The van der Waals surface area contributed by atoms with E-state index in [2.05, 4.69) is 39.1 Å². The first-order valence-corrected chi connectivity index (χ1v) is 8.96. The van der Waals surface area contributed by atoms with Crippen LogP contribution in [0.1, 0.15) is 13.8 Å². The third-order valence-corrected chi connectivity index (χ3v) is 4.59. The molecule has 0 bridgehead atoms. The highest BCUT2D eigenvalue weighted by Gasteiger charge is 2.16. The Morgan fingerprint density at radius 1 is 1.08 bits per heavy atom. The number of pyridine rings is 1. The second-order valence-corrected chi connectivity index (χ2v) is 7.39. The highest BCUT2D eigenvalue weighted by atomic mass is 16.5. The number of ether oxygens (including phenoxy) is 1. The van der Waals surface area contributed by atoms with Crippen molar-refractivity contribution in [3.05, 3.63) is 42.9 Å². The Balaban J connectivity index is 1.62. The maximum atomic E-state index is 10.1. The monoisotopic (exact) mass is 352 g/mol. The second-order valence-electron chi connectivity index (χ2n) is 7.39. The van der Waals surface area contributed by atoms with E-state index in [1.807, 2.05) is 16.8 Å². The number of hydrogen-bond donors (Lipinski definition) is 1. The van der Waals surface area contributed by atoms with Crippen LogP contribution in [0.2, 0.25) is 0 Å². The van der Waals surface area contributed by atoms with Gasteiger partial charge in [0.2, 0.25) is 0 Å². The summed E-state index contributed by atoms with van der Waals surface area (Å²) in [5.41, 5.74) is 3.32. The Labute approximate surface area is 153 Å². The minimum Gasteiger partial charge on any atom is -0.389 e. The Hall–Kier alpha value is -2.44. The molecule has 1 aliphatic rings. The summed E-state index contributed by atoms with van der Waals surface area (Å²) in [4.78, 5) is 11.3. The summed E-state index contributed by atoms with van der Waals surface area (Å²) in [6, 6.07) is 10.4. The van der Waals surface area contributed by atoms with Crippen LogP contribution in [0, 0.1) is 0 Å². The molecule has 26 heavy (non-hydrogen) atoms. The number of morpholine rings is 1. The summed E-state index contributed by atoms with van der Waals surface area (Å²) in [5, 5.41) is 10.1. The van der Waals surface area contributed by atoms with Crippen LogP contribution >= 0.6 is 0 Å². The van der Waals surface area contributed by atoms with E-state index < -0.39 is 5.60 Å². The molecule has 0 saturated carbocycles. The molecule has 3 aromatic rings. The summed E-state index contributed by atoms with van der Waals surface area (Å²) < 4.78 is 7.39. The molecule has 1 saturated heterocycles. The van der Waals surface area contributed by atoms with E-state index in [-0.39, 0.29) is 0 Å². The van der Waals surface area contributed by atoms with Gasteiger partial charge in [-0.05, 0) is 43.7 Å². The molecule has 136 valence electrons. The molecule has 1 aromatic carbocycles. The standard InChI is InChI=1S/C20H24N4O2/c1-20(2,25)13-24-14-22-17-5-3-15(11-18(17)24)16-4-6-19(21-12-16)23-7-9-26-10-8-23/h3-6,11-12,14,25H,7-10,13H2,1-2H3. The summed E-state index contributed by atoms with van der Waals surface area (Å²) in [5.74, 6) is 0.991. The van der Waals surface area contributed by atoms with E-state index in [1.54, 1.807) is 20.2 Å². The quantitative estimate of drug-likeness (QED) is 0.782. The molecule has 0 radical (unpaired) electrons. The van der Waals surface area contributed by atoms with Crippen LogP contribution in [0.5, 0.6) is 0 Å². The van der Waals surface area contributed by atoms with E-state index in [0.717, 1.165) is 54.3 Å². The second kappa shape index (κ2) is 6.70. The SMILES string of the molecule is CC(C)(O)Cn1cnc2ccc(-c3ccc(N4CCOCC4)nc3)cc21. The molecular weight excluding hydrogens is 328 g/mol. The highest BCUT2D eigenvalue weighted by Crippen LogP contribution is 2.26. The fourth-order valence-electron chi connectivity index (χ4n) is 3.32. The molecule has 0 atom stereocenters. The largest absolute Gasteiger partial charge is 0.389 e. The first-order valence-electron chi connectivity index (χ1n) is 8.96. The van der Waals surface area contributed by atoms with Crippen molar-refractivity contribution in [2.75, 3.05) is 31.2 Å². The number of benzene rings is 1. The summed E-state index contributed by atoms with van der Waals surface area (Å²) >= 11 is 0. The third-order valence-electron chi connectivity index (χ3n) is 4.59. The molecule has 4 rings (SSSR count). The number of hydrogen-bond acceptors (Lipinski definition) is 5. The van der Waals surface area contributed by atoms with Crippen molar-refractivity contribution in [1.82, 2.24) is 14.5 Å². The van der Waals surface area contributed by atoms with Gasteiger partial charge in [-0.2, -0.15) is 0 Å². The van der Waals surface area contributed by atoms with Crippen LogP contribution in [0.4, 0.5) is 5.82 Å². The molecule has 1 aliphatic heterocycles. The Morgan fingerprint density at radius 2 is 1.85 bits per heavy atom.